The second-order valence-corrected chi connectivity index (χ2v) is 16.4. The van der Waals surface area contributed by atoms with Gasteiger partial charge in [-0.15, -0.1) is 0 Å². The lowest BCUT2D eigenvalue weighted by Gasteiger charge is -2.34. The molecule has 9 aromatic carbocycles. The van der Waals surface area contributed by atoms with Crippen LogP contribution in [0.3, 0.4) is 0 Å². The number of benzene rings is 9. The summed E-state index contributed by atoms with van der Waals surface area (Å²) in [5, 5.41) is 0. The van der Waals surface area contributed by atoms with Gasteiger partial charge in [-0.3, -0.25) is 0 Å². The van der Waals surface area contributed by atoms with E-state index >= 15 is 0 Å². The van der Waals surface area contributed by atoms with Crippen LogP contribution in [0, 0.1) is 0 Å². The molecule has 0 aromatic heterocycles. The number of hydrogen-bond donors (Lipinski definition) is 0. The quantitative estimate of drug-likeness (QED) is 0.157. The molecule has 0 radical (unpaired) electrons. The smallest absolute Gasteiger partial charge is 0.0713 e. The Bertz CT molecular complexity index is 2960. The minimum atomic E-state index is -0.508. The summed E-state index contributed by atoms with van der Waals surface area (Å²) >= 11 is 0. The highest BCUT2D eigenvalue weighted by Gasteiger charge is 2.46. The Hall–Kier alpha value is -7.22. The third-order valence-electron chi connectivity index (χ3n) is 13.0. The van der Waals surface area contributed by atoms with E-state index in [1.54, 1.807) is 0 Å². The first-order chi connectivity index (χ1) is 29.0. The van der Waals surface area contributed by atoms with Crippen molar-refractivity contribution in [2.24, 2.45) is 0 Å². The first-order valence-electron chi connectivity index (χ1n) is 20.7. The average Bonchev–Trinajstić information content (AvgIpc) is 3.73. The molecule has 0 aliphatic heterocycles. The largest absolute Gasteiger partial charge is 0.310 e. The van der Waals surface area contributed by atoms with Crippen molar-refractivity contribution >= 4 is 17.1 Å². The third kappa shape index (κ3) is 5.31. The molecule has 0 atom stereocenters. The molecule has 59 heavy (non-hydrogen) atoms. The maximum Gasteiger partial charge on any atom is 0.0713 e. The van der Waals surface area contributed by atoms with Crippen LogP contribution in [-0.4, -0.2) is 0 Å². The molecule has 2 aliphatic rings. The number of anilines is 3. The molecule has 0 bridgehead atoms. The maximum absolute atomic E-state index is 2.51. The Labute approximate surface area is 347 Å². The van der Waals surface area contributed by atoms with Crippen LogP contribution in [0.1, 0.15) is 47.2 Å². The molecule has 2 aliphatic carbocycles. The topological polar surface area (TPSA) is 3.24 Å². The van der Waals surface area contributed by atoms with Crippen molar-refractivity contribution in [3.8, 4) is 44.5 Å². The van der Waals surface area contributed by atoms with E-state index in [0.717, 1.165) is 17.1 Å². The van der Waals surface area contributed by atoms with Gasteiger partial charge in [-0.05, 0) is 109 Å². The highest BCUT2D eigenvalue weighted by Crippen LogP contribution is 2.58. The molecule has 0 saturated heterocycles. The van der Waals surface area contributed by atoms with Gasteiger partial charge < -0.3 is 4.90 Å². The van der Waals surface area contributed by atoms with Crippen molar-refractivity contribution in [2.75, 3.05) is 4.90 Å². The zero-order valence-electron chi connectivity index (χ0n) is 33.3. The monoisotopic (exact) mass is 753 g/mol. The summed E-state index contributed by atoms with van der Waals surface area (Å²) in [6.45, 7) is 4.73. The lowest BCUT2D eigenvalue weighted by Crippen LogP contribution is -2.28. The van der Waals surface area contributed by atoms with Gasteiger partial charge >= 0.3 is 0 Å². The summed E-state index contributed by atoms with van der Waals surface area (Å²) < 4.78 is 0. The molecule has 280 valence electrons. The van der Waals surface area contributed by atoms with Crippen LogP contribution in [0.15, 0.2) is 224 Å². The molecule has 1 heteroatoms. The van der Waals surface area contributed by atoms with Crippen LogP contribution < -0.4 is 4.90 Å². The summed E-state index contributed by atoms with van der Waals surface area (Å²) in [6.07, 6.45) is 0. The molecular weight excluding hydrogens is 711 g/mol. The minimum absolute atomic E-state index is 0.133. The molecule has 0 fully saturated rings. The Kier molecular flexibility index (Phi) is 8.13. The van der Waals surface area contributed by atoms with E-state index < -0.39 is 5.41 Å². The Morgan fingerprint density at radius 2 is 0.831 bits per heavy atom. The molecule has 0 unspecified atom stereocenters. The highest BCUT2D eigenvalue weighted by molar-refractivity contribution is 5.99. The van der Waals surface area contributed by atoms with Gasteiger partial charge in [0.25, 0.3) is 0 Å². The van der Waals surface area contributed by atoms with Crippen molar-refractivity contribution in [1.82, 2.24) is 0 Å². The van der Waals surface area contributed by atoms with E-state index in [0.29, 0.717) is 0 Å². The fourth-order valence-corrected chi connectivity index (χ4v) is 10.3. The average molecular weight is 754 g/mol. The molecular formula is C58H43N. The molecule has 0 amide bonds. The van der Waals surface area contributed by atoms with Crippen LogP contribution >= 0.6 is 0 Å². The summed E-state index contributed by atoms with van der Waals surface area (Å²) in [6, 6.07) is 83.1. The van der Waals surface area contributed by atoms with Crippen LogP contribution in [0.5, 0.6) is 0 Å². The highest BCUT2D eigenvalue weighted by atomic mass is 15.1. The SMILES string of the molecule is CC1(C)c2ccccc2-c2ccc(N(c3ccccc3)c3cccc(-c4ccccc4)c3-c3ccc4c(c3)C(c3ccccc3)(c3ccccc3)c3ccccc3-4)cc21. The number of fused-ring (bicyclic) bond motifs is 6. The summed E-state index contributed by atoms with van der Waals surface area (Å²) in [5.74, 6) is 0. The number of hydrogen-bond acceptors (Lipinski definition) is 1. The molecule has 0 saturated carbocycles. The predicted molar refractivity (Wildman–Crippen MR) is 247 cm³/mol. The Morgan fingerprint density at radius 1 is 0.322 bits per heavy atom. The molecule has 0 spiro atoms. The first kappa shape index (κ1) is 35.0. The Balaban J connectivity index is 1.20. The standard InChI is InChI=1S/C58H43N/c1-57(2)51-31-17-15-28-47(51)49-37-35-45(39-53(49)57)59(44-26-13-6-14-27-44)55-33-19-30-46(40-20-7-3-8-21-40)56(55)41-34-36-50-48-29-16-18-32-52(48)58(54(50)38-41,42-22-9-4-10-23-42)43-24-11-5-12-25-43/h3-39H,1-2H3. The molecule has 11 rings (SSSR count). The van der Waals surface area contributed by atoms with Crippen molar-refractivity contribution in [2.45, 2.75) is 24.7 Å². The normalized spacial score (nSPS) is 13.9. The zero-order chi connectivity index (χ0) is 39.6. The molecule has 1 nitrogen and oxygen atoms in total. The number of para-hydroxylation sites is 1. The predicted octanol–water partition coefficient (Wildman–Crippen LogP) is 15.2. The van der Waals surface area contributed by atoms with Gasteiger partial charge in [0.05, 0.1) is 11.1 Å². The van der Waals surface area contributed by atoms with E-state index in [4.69, 9.17) is 0 Å². The van der Waals surface area contributed by atoms with E-state index in [1.807, 2.05) is 0 Å². The van der Waals surface area contributed by atoms with Crippen molar-refractivity contribution in [3.63, 3.8) is 0 Å². The van der Waals surface area contributed by atoms with E-state index in [9.17, 15) is 0 Å². The molecule has 0 N–H and O–H groups in total. The summed E-state index contributed by atoms with van der Waals surface area (Å²) in [5.41, 5.74) is 20.6. The number of rotatable bonds is 7. The lowest BCUT2D eigenvalue weighted by molar-refractivity contribution is 0.660. The van der Waals surface area contributed by atoms with Gasteiger partial charge in [0, 0.05) is 22.4 Å². The van der Waals surface area contributed by atoms with Crippen LogP contribution in [0.25, 0.3) is 44.5 Å². The van der Waals surface area contributed by atoms with Gasteiger partial charge in [-0.25, -0.2) is 0 Å². The van der Waals surface area contributed by atoms with Crippen molar-refractivity contribution in [3.05, 3.63) is 258 Å². The van der Waals surface area contributed by atoms with E-state index in [1.165, 1.54) is 77.9 Å². The van der Waals surface area contributed by atoms with Gasteiger partial charge in [-0.1, -0.05) is 202 Å². The first-order valence-corrected chi connectivity index (χ1v) is 20.7. The molecule has 9 aromatic rings. The van der Waals surface area contributed by atoms with Crippen LogP contribution in [-0.2, 0) is 10.8 Å². The zero-order valence-corrected chi connectivity index (χ0v) is 33.3. The summed E-state index contributed by atoms with van der Waals surface area (Å²) in [4.78, 5) is 2.48. The van der Waals surface area contributed by atoms with Gasteiger partial charge in [-0.2, -0.15) is 0 Å². The van der Waals surface area contributed by atoms with Crippen LogP contribution in [0.2, 0.25) is 0 Å². The number of nitrogens with zero attached hydrogens (tertiary/aromatic N) is 1. The maximum atomic E-state index is 2.51. The lowest BCUT2D eigenvalue weighted by atomic mass is 9.67. The van der Waals surface area contributed by atoms with Gasteiger partial charge in [0.15, 0.2) is 0 Å². The van der Waals surface area contributed by atoms with E-state index in [2.05, 4.69) is 243 Å². The van der Waals surface area contributed by atoms with Crippen molar-refractivity contribution < 1.29 is 0 Å². The van der Waals surface area contributed by atoms with Gasteiger partial charge in [0.2, 0.25) is 0 Å². The van der Waals surface area contributed by atoms with E-state index in [-0.39, 0.29) is 5.41 Å². The third-order valence-corrected chi connectivity index (χ3v) is 13.0. The minimum Gasteiger partial charge on any atom is -0.310 e. The molecule has 0 heterocycles. The van der Waals surface area contributed by atoms with Crippen molar-refractivity contribution in [1.29, 1.82) is 0 Å². The fourth-order valence-electron chi connectivity index (χ4n) is 10.3. The Morgan fingerprint density at radius 3 is 1.51 bits per heavy atom. The summed E-state index contributed by atoms with van der Waals surface area (Å²) in [7, 11) is 0. The van der Waals surface area contributed by atoms with Gasteiger partial charge in [0.1, 0.15) is 0 Å². The second-order valence-electron chi connectivity index (χ2n) is 16.4. The second kappa shape index (κ2) is 13.7. The van der Waals surface area contributed by atoms with Crippen LogP contribution in [0.4, 0.5) is 17.1 Å². The fraction of sp³-hybridized carbons (Fsp3) is 0.0690.